The van der Waals surface area contributed by atoms with Crippen molar-refractivity contribution in [3.63, 3.8) is 0 Å². The van der Waals surface area contributed by atoms with Crippen molar-refractivity contribution in [2.45, 2.75) is 11.0 Å². The minimum atomic E-state index is -3.99. The normalized spacial score (nSPS) is 20.6. The average molecular weight is 318 g/mol. The standard InChI is InChI=1S/C11H18N4O5S/c1-13-7-9(10(16)14(2)11(13)17)21(18,19)15-3-4-20-8(5-12)6-15/h7-8H,3-6,12H2,1-2H3. The maximum atomic E-state index is 12.6. The second-order valence-corrected chi connectivity index (χ2v) is 6.75. The smallest absolute Gasteiger partial charge is 0.330 e. The van der Waals surface area contributed by atoms with Crippen molar-refractivity contribution >= 4 is 10.0 Å². The van der Waals surface area contributed by atoms with Crippen molar-refractivity contribution in [3.05, 3.63) is 27.0 Å². The molecule has 2 heterocycles. The van der Waals surface area contributed by atoms with E-state index in [0.29, 0.717) is 0 Å². The summed E-state index contributed by atoms with van der Waals surface area (Å²) in [4.78, 5) is 23.3. The zero-order valence-corrected chi connectivity index (χ0v) is 12.7. The lowest BCUT2D eigenvalue weighted by molar-refractivity contribution is 0.00446. The zero-order chi connectivity index (χ0) is 15.8. The monoisotopic (exact) mass is 318 g/mol. The summed E-state index contributed by atoms with van der Waals surface area (Å²) in [5.74, 6) is 0. The molecule has 0 saturated carbocycles. The molecule has 9 nitrogen and oxygen atoms in total. The fourth-order valence-corrected chi connectivity index (χ4v) is 3.75. The summed E-state index contributed by atoms with van der Waals surface area (Å²) in [5, 5.41) is 0. The first kappa shape index (κ1) is 15.9. The van der Waals surface area contributed by atoms with Gasteiger partial charge in [0.1, 0.15) is 0 Å². The van der Waals surface area contributed by atoms with Crippen LogP contribution in [0.3, 0.4) is 0 Å². The Morgan fingerprint density at radius 1 is 1.38 bits per heavy atom. The molecule has 1 saturated heterocycles. The number of aryl methyl sites for hydroxylation is 1. The minimum absolute atomic E-state index is 0.0881. The Labute approximate surface area is 121 Å². The van der Waals surface area contributed by atoms with Crippen LogP contribution in [0, 0.1) is 0 Å². The summed E-state index contributed by atoms with van der Waals surface area (Å²) in [6.45, 7) is 0.639. The van der Waals surface area contributed by atoms with E-state index in [1.165, 1.54) is 14.1 Å². The molecular formula is C11H18N4O5S. The summed E-state index contributed by atoms with van der Waals surface area (Å²) >= 11 is 0. The lowest BCUT2D eigenvalue weighted by Crippen LogP contribution is -2.50. The van der Waals surface area contributed by atoms with Crippen LogP contribution < -0.4 is 17.0 Å². The fourth-order valence-electron chi connectivity index (χ4n) is 2.14. The van der Waals surface area contributed by atoms with Gasteiger partial charge < -0.3 is 15.0 Å². The summed E-state index contributed by atoms with van der Waals surface area (Å²) in [7, 11) is -1.36. The van der Waals surface area contributed by atoms with E-state index in [1.54, 1.807) is 0 Å². The van der Waals surface area contributed by atoms with Gasteiger partial charge in [0.15, 0.2) is 4.90 Å². The molecule has 0 aromatic carbocycles. The van der Waals surface area contributed by atoms with Gasteiger partial charge in [-0.1, -0.05) is 0 Å². The number of rotatable bonds is 3. The van der Waals surface area contributed by atoms with E-state index in [2.05, 4.69) is 0 Å². The highest BCUT2D eigenvalue weighted by atomic mass is 32.2. The van der Waals surface area contributed by atoms with E-state index in [1.807, 2.05) is 0 Å². The molecule has 2 N–H and O–H groups in total. The molecule has 1 aliphatic rings. The van der Waals surface area contributed by atoms with Crippen molar-refractivity contribution in [3.8, 4) is 0 Å². The first-order valence-electron chi connectivity index (χ1n) is 6.37. The number of nitrogens with zero attached hydrogens (tertiary/aromatic N) is 3. The van der Waals surface area contributed by atoms with Gasteiger partial charge in [-0.3, -0.25) is 9.36 Å². The van der Waals surface area contributed by atoms with Crippen LogP contribution in [-0.2, 0) is 28.9 Å². The van der Waals surface area contributed by atoms with Gasteiger partial charge >= 0.3 is 5.69 Å². The molecule has 1 aromatic heterocycles. The van der Waals surface area contributed by atoms with Gasteiger partial charge in [-0.25, -0.2) is 13.2 Å². The van der Waals surface area contributed by atoms with Gasteiger partial charge in [0, 0.05) is 39.9 Å². The molecule has 1 aliphatic heterocycles. The Hall–Kier alpha value is -1.49. The molecule has 0 bridgehead atoms. The maximum absolute atomic E-state index is 12.6. The predicted molar refractivity (Wildman–Crippen MR) is 74.5 cm³/mol. The minimum Gasteiger partial charge on any atom is -0.374 e. The van der Waals surface area contributed by atoms with Gasteiger partial charge in [0.2, 0.25) is 10.0 Å². The first-order valence-corrected chi connectivity index (χ1v) is 7.81. The molecule has 2 rings (SSSR count). The van der Waals surface area contributed by atoms with E-state index in [9.17, 15) is 18.0 Å². The molecule has 1 atom stereocenters. The molecule has 1 fully saturated rings. The molecule has 0 spiro atoms. The van der Waals surface area contributed by atoms with Crippen LogP contribution in [0.15, 0.2) is 20.7 Å². The van der Waals surface area contributed by atoms with E-state index in [0.717, 1.165) is 19.6 Å². The molecular weight excluding hydrogens is 300 g/mol. The van der Waals surface area contributed by atoms with Crippen LogP contribution in [-0.4, -0.2) is 54.2 Å². The topological polar surface area (TPSA) is 117 Å². The Morgan fingerprint density at radius 2 is 2.05 bits per heavy atom. The zero-order valence-electron chi connectivity index (χ0n) is 11.9. The average Bonchev–Trinajstić information content (AvgIpc) is 2.48. The summed E-state index contributed by atoms with van der Waals surface area (Å²) in [6, 6.07) is 0. The van der Waals surface area contributed by atoms with Gasteiger partial charge in [0.25, 0.3) is 5.56 Å². The number of hydrogen-bond acceptors (Lipinski definition) is 6. The van der Waals surface area contributed by atoms with Crippen molar-refractivity contribution in [2.75, 3.05) is 26.2 Å². The highest BCUT2D eigenvalue weighted by Gasteiger charge is 2.33. The molecule has 1 aromatic rings. The number of sulfonamides is 1. The van der Waals surface area contributed by atoms with E-state index in [-0.39, 0.29) is 26.2 Å². The lowest BCUT2D eigenvalue weighted by Gasteiger charge is -2.31. The summed E-state index contributed by atoms with van der Waals surface area (Å²) in [6.07, 6.45) is 0.650. The van der Waals surface area contributed by atoms with Gasteiger partial charge in [0.05, 0.1) is 12.7 Å². The Bertz CT molecular complexity index is 751. The van der Waals surface area contributed by atoms with Crippen molar-refractivity contribution in [2.24, 2.45) is 19.8 Å². The maximum Gasteiger partial charge on any atom is 0.330 e. The molecule has 10 heteroatoms. The summed E-state index contributed by atoms with van der Waals surface area (Å²) < 4.78 is 33.5. The van der Waals surface area contributed by atoms with Crippen molar-refractivity contribution < 1.29 is 13.2 Å². The van der Waals surface area contributed by atoms with Crippen LogP contribution >= 0.6 is 0 Å². The Morgan fingerprint density at radius 3 is 2.67 bits per heavy atom. The second kappa shape index (κ2) is 5.72. The molecule has 0 aliphatic carbocycles. The number of morpholine rings is 1. The van der Waals surface area contributed by atoms with Crippen LogP contribution in [0.1, 0.15) is 0 Å². The van der Waals surface area contributed by atoms with Crippen LogP contribution in [0.4, 0.5) is 0 Å². The molecule has 118 valence electrons. The third-order valence-corrected chi connectivity index (χ3v) is 5.24. The molecule has 21 heavy (non-hydrogen) atoms. The van der Waals surface area contributed by atoms with Crippen LogP contribution in [0.25, 0.3) is 0 Å². The third-order valence-electron chi connectivity index (χ3n) is 3.40. The van der Waals surface area contributed by atoms with Crippen LogP contribution in [0.5, 0.6) is 0 Å². The fraction of sp³-hybridized carbons (Fsp3) is 0.636. The largest absolute Gasteiger partial charge is 0.374 e. The van der Waals surface area contributed by atoms with E-state index < -0.39 is 32.3 Å². The number of ether oxygens (including phenoxy) is 1. The first-order chi connectivity index (χ1) is 9.78. The quantitative estimate of drug-likeness (QED) is 0.655. The number of nitrogens with two attached hydrogens (primary N) is 1. The SMILES string of the molecule is Cn1cc(S(=O)(=O)N2CCOC(CN)C2)c(=O)n(C)c1=O. The second-order valence-electron chi connectivity index (χ2n) is 4.84. The molecule has 0 radical (unpaired) electrons. The molecule has 0 amide bonds. The van der Waals surface area contributed by atoms with E-state index in [4.69, 9.17) is 10.5 Å². The van der Waals surface area contributed by atoms with Crippen molar-refractivity contribution in [1.82, 2.24) is 13.4 Å². The number of aromatic nitrogens is 2. The number of hydrogen-bond donors (Lipinski definition) is 1. The van der Waals surface area contributed by atoms with Gasteiger partial charge in [-0.2, -0.15) is 4.31 Å². The highest BCUT2D eigenvalue weighted by Crippen LogP contribution is 2.15. The Balaban J connectivity index is 2.50. The summed E-state index contributed by atoms with van der Waals surface area (Å²) in [5.41, 5.74) is 4.07. The predicted octanol–water partition coefficient (Wildman–Crippen LogP) is -2.57. The van der Waals surface area contributed by atoms with Crippen molar-refractivity contribution in [1.29, 1.82) is 0 Å². The lowest BCUT2D eigenvalue weighted by atomic mass is 10.3. The Kier molecular flexibility index (Phi) is 4.33. The third kappa shape index (κ3) is 2.79. The molecule has 1 unspecified atom stereocenters. The highest BCUT2D eigenvalue weighted by molar-refractivity contribution is 7.89. The van der Waals surface area contributed by atoms with Gasteiger partial charge in [-0.05, 0) is 0 Å². The van der Waals surface area contributed by atoms with E-state index >= 15 is 0 Å². The van der Waals surface area contributed by atoms with Crippen LogP contribution in [0.2, 0.25) is 0 Å². The van der Waals surface area contributed by atoms with Gasteiger partial charge in [-0.15, -0.1) is 0 Å².